The van der Waals surface area contributed by atoms with Gasteiger partial charge in [-0.2, -0.15) is 8.42 Å². The molecular weight excluding hydrogens is 422 g/mol. The number of nitrogens with one attached hydrogen (secondary N) is 2. The highest BCUT2D eigenvalue weighted by Gasteiger charge is 2.17. The molecule has 2 N–H and O–H groups in total. The average molecular weight is 450 g/mol. The molecule has 0 aromatic heterocycles. The van der Waals surface area contributed by atoms with Crippen LogP contribution >= 0.6 is 0 Å². The summed E-state index contributed by atoms with van der Waals surface area (Å²) in [5.74, 6) is -0.101. The van der Waals surface area contributed by atoms with Crippen LogP contribution in [0.25, 0.3) is 0 Å². The second-order valence-electron chi connectivity index (χ2n) is 6.64. The van der Waals surface area contributed by atoms with E-state index in [1.807, 2.05) is 6.92 Å². The Morgan fingerprint density at radius 1 is 1.03 bits per heavy atom. The van der Waals surface area contributed by atoms with Gasteiger partial charge in [0.05, 0.1) is 6.61 Å². The highest BCUT2D eigenvalue weighted by molar-refractivity contribution is 7.87. The van der Waals surface area contributed by atoms with E-state index in [0.717, 1.165) is 5.56 Å². The van der Waals surface area contributed by atoms with Gasteiger partial charge in [0.25, 0.3) is 0 Å². The molecule has 10 heteroatoms. The number of nitrogens with zero attached hydrogens (tertiary/aromatic N) is 1. The fraction of sp³-hybridized carbons (Fsp3) is 0.333. The van der Waals surface area contributed by atoms with E-state index in [0.29, 0.717) is 31.9 Å². The van der Waals surface area contributed by atoms with Crippen molar-refractivity contribution in [3.05, 3.63) is 54.1 Å². The predicted molar refractivity (Wildman–Crippen MR) is 116 cm³/mol. The molecule has 0 bridgehead atoms. The molecule has 0 fully saturated rings. The highest BCUT2D eigenvalue weighted by Crippen LogP contribution is 2.21. The SMILES string of the molecule is CCNC(=O)N(CCOC)Cc1ccc(OS(=O)(=O)c2ccc(NC(C)=O)cc2)cc1. The zero-order valence-electron chi connectivity index (χ0n) is 17.8. The molecule has 9 nitrogen and oxygen atoms in total. The standard InChI is InChI=1S/C21H27N3O6S/c1-4-22-21(26)24(13-14-29-3)15-17-5-9-19(10-6-17)30-31(27,28)20-11-7-18(8-12-20)23-16(2)25/h5-12H,4,13-15H2,1-3H3,(H,22,26)(H,23,25). The van der Waals surface area contributed by atoms with Crippen molar-refractivity contribution in [3.63, 3.8) is 0 Å². The second-order valence-corrected chi connectivity index (χ2v) is 8.18. The largest absolute Gasteiger partial charge is 0.383 e. The van der Waals surface area contributed by atoms with Gasteiger partial charge in [0, 0.05) is 39.4 Å². The summed E-state index contributed by atoms with van der Waals surface area (Å²) in [4.78, 5) is 24.8. The van der Waals surface area contributed by atoms with Crippen molar-refractivity contribution in [3.8, 4) is 5.75 Å². The van der Waals surface area contributed by atoms with Gasteiger partial charge in [0.2, 0.25) is 5.91 Å². The van der Waals surface area contributed by atoms with Crippen LogP contribution in [0.15, 0.2) is 53.4 Å². The summed E-state index contributed by atoms with van der Waals surface area (Å²) < 4.78 is 35.2. The molecule has 3 amide bonds. The highest BCUT2D eigenvalue weighted by atomic mass is 32.2. The normalized spacial score (nSPS) is 10.9. The summed E-state index contributed by atoms with van der Waals surface area (Å²) in [6.45, 7) is 4.88. The van der Waals surface area contributed by atoms with E-state index in [1.54, 1.807) is 24.1 Å². The third-order valence-electron chi connectivity index (χ3n) is 4.15. The van der Waals surface area contributed by atoms with Crippen LogP contribution in [0.4, 0.5) is 10.5 Å². The summed E-state index contributed by atoms with van der Waals surface area (Å²) in [7, 11) is -2.47. The first-order chi connectivity index (χ1) is 14.7. The van der Waals surface area contributed by atoms with Crippen molar-refractivity contribution in [2.45, 2.75) is 25.3 Å². The van der Waals surface area contributed by atoms with Crippen LogP contribution in [0.1, 0.15) is 19.4 Å². The van der Waals surface area contributed by atoms with Crippen molar-refractivity contribution in [2.24, 2.45) is 0 Å². The number of rotatable bonds is 10. The van der Waals surface area contributed by atoms with Crippen molar-refractivity contribution in [2.75, 3.05) is 32.1 Å². The maximum atomic E-state index is 12.5. The Morgan fingerprint density at radius 3 is 2.23 bits per heavy atom. The van der Waals surface area contributed by atoms with Crippen molar-refractivity contribution in [1.82, 2.24) is 10.2 Å². The molecule has 2 rings (SSSR count). The molecular formula is C21H27N3O6S. The Morgan fingerprint density at radius 2 is 1.68 bits per heavy atom. The van der Waals surface area contributed by atoms with Gasteiger partial charge in [-0.25, -0.2) is 4.79 Å². The molecule has 0 saturated heterocycles. The minimum Gasteiger partial charge on any atom is -0.383 e. The van der Waals surface area contributed by atoms with Crippen molar-refractivity contribution >= 4 is 27.7 Å². The molecule has 0 unspecified atom stereocenters. The first-order valence-corrected chi connectivity index (χ1v) is 11.1. The molecule has 168 valence electrons. The molecule has 0 aliphatic heterocycles. The van der Waals surface area contributed by atoms with Gasteiger partial charge < -0.3 is 24.5 Å². The first kappa shape index (κ1) is 24.2. The lowest BCUT2D eigenvalue weighted by Gasteiger charge is -2.22. The van der Waals surface area contributed by atoms with Crippen LogP contribution in [-0.2, 0) is 26.2 Å². The number of amides is 3. The summed E-state index contributed by atoms with van der Waals surface area (Å²) >= 11 is 0. The smallest absolute Gasteiger partial charge is 0.339 e. The van der Waals surface area contributed by atoms with E-state index in [1.165, 1.54) is 43.3 Å². The minimum atomic E-state index is -4.03. The van der Waals surface area contributed by atoms with Gasteiger partial charge >= 0.3 is 16.1 Å². The number of ether oxygens (including phenoxy) is 1. The maximum absolute atomic E-state index is 12.5. The number of hydrogen-bond donors (Lipinski definition) is 2. The lowest BCUT2D eigenvalue weighted by molar-refractivity contribution is -0.114. The molecule has 2 aromatic rings. The van der Waals surface area contributed by atoms with Crippen LogP contribution in [-0.4, -0.2) is 52.1 Å². The van der Waals surface area contributed by atoms with Crippen LogP contribution in [0.3, 0.4) is 0 Å². The Labute approximate surface area is 182 Å². The topological polar surface area (TPSA) is 114 Å². The lowest BCUT2D eigenvalue weighted by Crippen LogP contribution is -2.41. The Kier molecular flexibility index (Phi) is 8.83. The molecule has 0 heterocycles. The second kappa shape index (κ2) is 11.3. The van der Waals surface area contributed by atoms with Crippen molar-refractivity contribution < 1.29 is 26.9 Å². The number of methoxy groups -OCH3 is 1. The number of urea groups is 1. The molecule has 0 spiro atoms. The minimum absolute atomic E-state index is 0.0346. The van der Waals surface area contributed by atoms with Gasteiger partial charge in [-0.15, -0.1) is 0 Å². The third-order valence-corrected chi connectivity index (χ3v) is 5.41. The first-order valence-electron chi connectivity index (χ1n) is 9.68. The van der Waals surface area contributed by atoms with Gasteiger partial charge in [0.15, 0.2) is 0 Å². The van der Waals surface area contributed by atoms with Gasteiger partial charge in [-0.3, -0.25) is 4.79 Å². The van der Waals surface area contributed by atoms with Crippen LogP contribution in [0.5, 0.6) is 5.75 Å². The van der Waals surface area contributed by atoms with E-state index in [4.69, 9.17) is 8.92 Å². The average Bonchev–Trinajstić information content (AvgIpc) is 2.72. The van der Waals surface area contributed by atoms with Crippen molar-refractivity contribution in [1.29, 1.82) is 0 Å². The monoisotopic (exact) mass is 449 g/mol. The van der Waals surface area contributed by atoms with E-state index in [-0.39, 0.29) is 22.6 Å². The Balaban J connectivity index is 2.06. The van der Waals surface area contributed by atoms with E-state index >= 15 is 0 Å². The molecule has 31 heavy (non-hydrogen) atoms. The number of carbonyl (C=O) groups is 2. The number of anilines is 1. The molecule has 0 saturated carbocycles. The van der Waals surface area contributed by atoms with Gasteiger partial charge in [0.1, 0.15) is 10.6 Å². The number of benzene rings is 2. The predicted octanol–water partition coefficient (Wildman–Crippen LogP) is 2.59. The molecule has 0 aliphatic rings. The van der Waals surface area contributed by atoms with Crippen LogP contribution < -0.4 is 14.8 Å². The Hall–Kier alpha value is -3.11. The molecule has 0 atom stereocenters. The Bertz CT molecular complexity index is 975. The molecule has 0 radical (unpaired) electrons. The third kappa shape index (κ3) is 7.58. The zero-order chi connectivity index (χ0) is 22.9. The van der Waals surface area contributed by atoms with Crippen LogP contribution in [0.2, 0.25) is 0 Å². The number of hydrogen-bond acceptors (Lipinski definition) is 6. The quantitative estimate of drug-likeness (QED) is 0.539. The summed E-state index contributed by atoms with van der Waals surface area (Å²) in [5.41, 5.74) is 1.30. The lowest BCUT2D eigenvalue weighted by atomic mass is 10.2. The number of carbonyl (C=O) groups excluding carboxylic acids is 2. The fourth-order valence-corrected chi connectivity index (χ4v) is 3.60. The van der Waals surface area contributed by atoms with Gasteiger partial charge in [-0.1, -0.05) is 12.1 Å². The molecule has 2 aromatic carbocycles. The van der Waals surface area contributed by atoms with Crippen LogP contribution in [0, 0.1) is 0 Å². The van der Waals surface area contributed by atoms with Gasteiger partial charge in [-0.05, 0) is 48.9 Å². The molecule has 0 aliphatic carbocycles. The van der Waals surface area contributed by atoms with E-state index < -0.39 is 10.1 Å². The summed E-state index contributed by atoms with van der Waals surface area (Å²) in [6.07, 6.45) is 0. The van der Waals surface area contributed by atoms with E-state index in [2.05, 4.69) is 10.6 Å². The maximum Gasteiger partial charge on any atom is 0.339 e. The zero-order valence-corrected chi connectivity index (χ0v) is 18.6. The summed E-state index contributed by atoms with van der Waals surface area (Å²) in [5, 5.41) is 5.32. The fourth-order valence-electron chi connectivity index (χ4n) is 2.67. The van der Waals surface area contributed by atoms with E-state index in [9.17, 15) is 18.0 Å². The summed E-state index contributed by atoms with van der Waals surface area (Å²) in [6, 6.07) is 11.9.